The van der Waals surface area contributed by atoms with E-state index in [0.717, 1.165) is 6.42 Å². The molecule has 0 N–H and O–H groups in total. The second kappa shape index (κ2) is 12.9. The maximum atomic E-state index is 4.40. The first-order chi connectivity index (χ1) is 8.66. The zero-order chi connectivity index (χ0) is 13.6. The van der Waals surface area contributed by atoms with Crippen LogP contribution in [0.2, 0.25) is 0 Å². The van der Waals surface area contributed by atoms with Crippen LogP contribution in [-0.2, 0) is 0 Å². The maximum Gasteiger partial charge on any atom is 0.0349 e. The minimum atomic E-state index is 1.16. The molecule has 108 valence electrons. The topological polar surface area (TPSA) is 15.6 Å². The third-order valence-electron chi connectivity index (χ3n) is 3.26. The Hall–Kier alpha value is -0.530. The molecule has 2 heteroatoms. The average Bonchev–Trinajstić information content (AvgIpc) is 2.30. The van der Waals surface area contributed by atoms with Crippen molar-refractivity contribution >= 4 is 5.71 Å². The fraction of sp³-hybridized carbons (Fsp3) is 0.938. The van der Waals surface area contributed by atoms with Crippen LogP contribution in [0.4, 0.5) is 0 Å². The molecule has 0 radical (unpaired) electrons. The lowest BCUT2D eigenvalue weighted by Gasteiger charge is -2.07. The molecule has 0 bridgehead atoms. The third kappa shape index (κ3) is 13.5. The number of hydrogen-bond acceptors (Lipinski definition) is 2. The Balaban J connectivity index is 3.16. The van der Waals surface area contributed by atoms with Crippen molar-refractivity contribution in [2.75, 3.05) is 14.1 Å². The molecule has 0 aliphatic heterocycles. The van der Waals surface area contributed by atoms with Crippen LogP contribution in [0.3, 0.4) is 0 Å². The van der Waals surface area contributed by atoms with Gasteiger partial charge in [-0.1, -0.05) is 64.7 Å². The predicted molar refractivity (Wildman–Crippen MR) is 83.3 cm³/mol. The fourth-order valence-corrected chi connectivity index (χ4v) is 2.26. The largest absolute Gasteiger partial charge is 0.303 e. The molecule has 0 aliphatic carbocycles. The summed E-state index contributed by atoms with van der Waals surface area (Å²) in [7, 11) is 3.98. The van der Waals surface area contributed by atoms with Crippen LogP contribution in [0.5, 0.6) is 0 Å². The van der Waals surface area contributed by atoms with Crippen LogP contribution in [0.1, 0.15) is 84.5 Å². The second-order valence-corrected chi connectivity index (χ2v) is 5.61. The Bertz CT molecular complexity index is 197. The number of rotatable bonds is 12. The lowest BCUT2D eigenvalue weighted by molar-refractivity contribution is 0.435. The lowest BCUT2D eigenvalue weighted by atomic mass is 10.1. The molecule has 0 fully saturated rings. The zero-order valence-electron chi connectivity index (χ0n) is 13.2. The van der Waals surface area contributed by atoms with Crippen molar-refractivity contribution < 1.29 is 0 Å². The van der Waals surface area contributed by atoms with E-state index in [1.54, 1.807) is 0 Å². The molecule has 0 aromatic carbocycles. The van der Waals surface area contributed by atoms with Crippen LogP contribution >= 0.6 is 0 Å². The van der Waals surface area contributed by atoms with Crippen molar-refractivity contribution in [1.82, 2.24) is 5.01 Å². The predicted octanol–water partition coefficient (Wildman–Crippen LogP) is 5.23. The molecule has 0 amide bonds. The summed E-state index contributed by atoms with van der Waals surface area (Å²) in [5.74, 6) is 0. The van der Waals surface area contributed by atoms with Crippen LogP contribution in [0.25, 0.3) is 0 Å². The maximum absolute atomic E-state index is 4.40. The van der Waals surface area contributed by atoms with Gasteiger partial charge in [0.15, 0.2) is 0 Å². The summed E-state index contributed by atoms with van der Waals surface area (Å²) in [6.07, 6.45) is 15.2. The number of hydrazone groups is 1. The van der Waals surface area contributed by atoms with Gasteiger partial charge in [-0.15, -0.1) is 0 Å². The summed E-state index contributed by atoms with van der Waals surface area (Å²) in [4.78, 5) is 0. The normalized spacial score (nSPS) is 11.9. The highest BCUT2D eigenvalue weighted by atomic mass is 15.4. The SMILES string of the molecule is CCCCCCCCCCCCC(C)=NN(C)C. The van der Waals surface area contributed by atoms with Gasteiger partial charge in [-0.25, -0.2) is 0 Å². The molecular weight excluding hydrogens is 220 g/mol. The van der Waals surface area contributed by atoms with Gasteiger partial charge >= 0.3 is 0 Å². The standard InChI is InChI=1S/C16H34N2/c1-5-6-7-8-9-10-11-12-13-14-15-16(2)17-18(3)4/h5-15H2,1-4H3. The van der Waals surface area contributed by atoms with Crippen LogP contribution in [-0.4, -0.2) is 24.8 Å². The van der Waals surface area contributed by atoms with Gasteiger partial charge in [0, 0.05) is 19.8 Å². The van der Waals surface area contributed by atoms with E-state index in [-0.39, 0.29) is 0 Å². The zero-order valence-corrected chi connectivity index (χ0v) is 13.2. The number of unbranched alkanes of at least 4 members (excludes halogenated alkanes) is 9. The minimum absolute atomic E-state index is 1.16. The molecule has 0 saturated carbocycles. The van der Waals surface area contributed by atoms with Gasteiger partial charge in [0.2, 0.25) is 0 Å². The molecule has 18 heavy (non-hydrogen) atoms. The second-order valence-electron chi connectivity index (χ2n) is 5.61. The monoisotopic (exact) mass is 254 g/mol. The van der Waals surface area contributed by atoms with E-state index in [0.29, 0.717) is 0 Å². The van der Waals surface area contributed by atoms with Crippen molar-refractivity contribution in [3.05, 3.63) is 0 Å². The Morgan fingerprint density at radius 2 is 1.22 bits per heavy atom. The molecule has 0 aromatic heterocycles. The summed E-state index contributed by atoms with van der Waals surface area (Å²) in [6, 6.07) is 0. The Kier molecular flexibility index (Phi) is 12.5. The van der Waals surface area contributed by atoms with E-state index in [1.165, 1.54) is 69.9 Å². The van der Waals surface area contributed by atoms with Gasteiger partial charge in [0.05, 0.1) is 0 Å². The molecule has 0 aromatic rings. The molecule has 0 rings (SSSR count). The van der Waals surface area contributed by atoms with Crippen molar-refractivity contribution in [2.45, 2.75) is 84.5 Å². The van der Waals surface area contributed by atoms with Crippen LogP contribution in [0, 0.1) is 0 Å². The summed E-state index contributed by atoms with van der Waals surface area (Å²) >= 11 is 0. The molecular formula is C16H34N2. The van der Waals surface area contributed by atoms with Crippen LogP contribution < -0.4 is 0 Å². The van der Waals surface area contributed by atoms with E-state index in [4.69, 9.17) is 0 Å². The van der Waals surface area contributed by atoms with Gasteiger partial charge in [-0.2, -0.15) is 5.10 Å². The van der Waals surface area contributed by atoms with E-state index in [1.807, 2.05) is 19.1 Å². The van der Waals surface area contributed by atoms with Crippen LogP contribution in [0.15, 0.2) is 5.10 Å². The van der Waals surface area contributed by atoms with Gasteiger partial charge < -0.3 is 5.01 Å². The molecule has 0 atom stereocenters. The fourth-order valence-electron chi connectivity index (χ4n) is 2.26. The number of hydrogen-bond donors (Lipinski definition) is 0. The van der Waals surface area contributed by atoms with E-state index in [9.17, 15) is 0 Å². The molecule has 2 nitrogen and oxygen atoms in total. The van der Waals surface area contributed by atoms with Crippen molar-refractivity contribution in [3.8, 4) is 0 Å². The smallest absolute Gasteiger partial charge is 0.0349 e. The average molecular weight is 254 g/mol. The first-order valence-corrected chi connectivity index (χ1v) is 7.88. The van der Waals surface area contributed by atoms with Crippen molar-refractivity contribution in [1.29, 1.82) is 0 Å². The van der Waals surface area contributed by atoms with Crippen molar-refractivity contribution in [3.63, 3.8) is 0 Å². The lowest BCUT2D eigenvalue weighted by Crippen LogP contribution is -2.06. The van der Waals surface area contributed by atoms with Gasteiger partial charge in [-0.3, -0.25) is 0 Å². The molecule has 0 unspecified atom stereocenters. The quantitative estimate of drug-likeness (QED) is 0.264. The highest BCUT2D eigenvalue weighted by molar-refractivity contribution is 5.81. The third-order valence-corrected chi connectivity index (χ3v) is 3.26. The Morgan fingerprint density at radius 1 is 0.778 bits per heavy atom. The Labute approximate surface area is 115 Å². The summed E-state index contributed by atoms with van der Waals surface area (Å²) in [5, 5.41) is 6.30. The van der Waals surface area contributed by atoms with Gasteiger partial charge in [0.1, 0.15) is 0 Å². The van der Waals surface area contributed by atoms with E-state index in [2.05, 4.69) is 18.9 Å². The van der Waals surface area contributed by atoms with Gasteiger partial charge in [0.25, 0.3) is 0 Å². The minimum Gasteiger partial charge on any atom is -0.303 e. The number of nitrogens with zero attached hydrogens (tertiary/aromatic N) is 2. The van der Waals surface area contributed by atoms with Crippen molar-refractivity contribution in [2.24, 2.45) is 5.10 Å². The summed E-state index contributed by atoms with van der Waals surface area (Å²) in [5.41, 5.74) is 1.26. The first kappa shape index (κ1) is 17.5. The first-order valence-electron chi connectivity index (χ1n) is 7.88. The van der Waals surface area contributed by atoms with Gasteiger partial charge in [-0.05, 0) is 19.8 Å². The molecule has 0 heterocycles. The highest BCUT2D eigenvalue weighted by Gasteiger charge is 1.95. The molecule has 0 spiro atoms. The highest BCUT2D eigenvalue weighted by Crippen LogP contribution is 2.11. The molecule has 0 aliphatic rings. The summed E-state index contributed by atoms with van der Waals surface area (Å²) in [6.45, 7) is 4.41. The summed E-state index contributed by atoms with van der Waals surface area (Å²) < 4.78 is 0. The molecule has 0 saturated heterocycles. The Morgan fingerprint density at radius 3 is 1.67 bits per heavy atom. The van der Waals surface area contributed by atoms with E-state index < -0.39 is 0 Å². The van der Waals surface area contributed by atoms with E-state index >= 15 is 0 Å².